The van der Waals surface area contributed by atoms with E-state index in [2.05, 4.69) is 15.4 Å². The first-order valence-corrected chi connectivity index (χ1v) is 11.9. The lowest BCUT2D eigenvalue weighted by Crippen LogP contribution is -2.37. The van der Waals surface area contributed by atoms with Crippen molar-refractivity contribution in [1.29, 1.82) is 0 Å². The summed E-state index contributed by atoms with van der Waals surface area (Å²) < 4.78 is 7.03. The number of amides is 2. The number of aryl methyl sites for hydroxylation is 2. The number of benzene rings is 1. The quantitative estimate of drug-likeness (QED) is 0.376. The van der Waals surface area contributed by atoms with Gasteiger partial charge in [0.1, 0.15) is 0 Å². The number of thiophene rings is 1. The molecule has 0 unspecified atom stereocenters. The highest BCUT2D eigenvalue weighted by atomic mass is 32.1. The van der Waals surface area contributed by atoms with Gasteiger partial charge >= 0.3 is 5.97 Å². The van der Waals surface area contributed by atoms with Gasteiger partial charge < -0.3 is 15.0 Å². The SMILES string of the molecule is CCn1ncc2c(C(=O)OCC(=O)N(C)CC(=O)Nc3ccc(C)cc3)cc(-c3cccs3)nc21. The summed E-state index contributed by atoms with van der Waals surface area (Å²) in [5, 5.41) is 9.52. The number of pyridine rings is 1. The molecule has 3 aromatic heterocycles. The van der Waals surface area contributed by atoms with Gasteiger partial charge in [0.05, 0.1) is 34.3 Å². The van der Waals surface area contributed by atoms with Crippen LogP contribution >= 0.6 is 11.3 Å². The van der Waals surface area contributed by atoms with Crippen molar-refractivity contribution in [2.45, 2.75) is 20.4 Å². The van der Waals surface area contributed by atoms with E-state index in [4.69, 9.17) is 4.74 Å². The van der Waals surface area contributed by atoms with Crippen LogP contribution in [0.3, 0.4) is 0 Å². The van der Waals surface area contributed by atoms with Gasteiger partial charge in [0.25, 0.3) is 5.91 Å². The molecule has 10 heteroatoms. The molecule has 1 aromatic carbocycles. The van der Waals surface area contributed by atoms with Crippen molar-refractivity contribution in [3.63, 3.8) is 0 Å². The van der Waals surface area contributed by atoms with Crippen LogP contribution in [0.1, 0.15) is 22.8 Å². The predicted octanol–water partition coefficient (Wildman–Crippen LogP) is 3.74. The molecule has 3 heterocycles. The van der Waals surface area contributed by atoms with Crippen LogP contribution in [0.2, 0.25) is 0 Å². The molecule has 4 rings (SSSR count). The van der Waals surface area contributed by atoms with Crippen molar-refractivity contribution >= 4 is 45.8 Å². The van der Waals surface area contributed by atoms with E-state index < -0.39 is 18.5 Å². The summed E-state index contributed by atoms with van der Waals surface area (Å²) in [7, 11) is 1.48. The van der Waals surface area contributed by atoms with Gasteiger partial charge in [0, 0.05) is 19.3 Å². The van der Waals surface area contributed by atoms with Crippen molar-refractivity contribution < 1.29 is 19.1 Å². The second-order valence-electron chi connectivity index (χ2n) is 7.97. The van der Waals surface area contributed by atoms with Gasteiger partial charge in [-0.3, -0.25) is 9.59 Å². The number of esters is 1. The average Bonchev–Trinajstić information content (AvgIpc) is 3.53. The topological polar surface area (TPSA) is 106 Å². The first-order valence-electron chi connectivity index (χ1n) is 11.0. The summed E-state index contributed by atoms with van der Waals surface area (Å²) in [4.78, 5) is 44.5. The highest BCUT2D eigenvalue weighted by Gasteiger charge is 2.21. The molecule has 35 heavy (non-hydrogen) atoms. The molecule has 0 spiro atoms. The van der Waals surface area contributed by atoms with Crippen molar-refractivity contribution in [2.24, 2.45) is 0 Å². The molecular formula is C25H25N5O4S. The Labute approximate surface area is 206 Å². The molecular weight excluding hydrogens is 466 g/mol. The van der Waals surface area contributed by atoms with E-state index in [1.807, 2.05) is 43.5 Å². The van der Waals surface area contributed by atoms with Gasteiger partial charge in [-0.25, -0.2) is 14.5 Å². The Balaban J connectivity index is 1.42. The van der Waals surface area contributed by atoms with Crippen molar-refractivity contribution in [2.75, 3.05) is 25.5 Å². The lowest BCUT2D eigenvalue weighted by molar-refractivity contribution is -0.136. The number of hydrogen-bond donors (Lipinski definition) is 1. The van der Waals surface area contributed by atoms with Crippen molar-refractivity contribution in [1.82, 2.24) is 19.7 Å². The van der Waals surface area contributed by atoms with E-state index in [1.54, 1.807) is 29.1 Å². The minimum Gasteiger partial charge on any atom is -0.452 e. The number of nitrogens with one attached hydrogen (secondary N) is 1. The summed E-state index contributed by atoms with van der Waals surface area (Å²) in [6, 6.07) is 12.8. The summed E-state index contributed by atoms with van der Waals surface area (Å²) in [6.07, 6.45) is 1.57. The minimum absolute atomic E-state index is 0.171. The normalized spacial score (nSPS) is 10.8. The fourth-order valence-electron chi connectivity index (χ4n) is 3.45. The summed E-state index contributed by atoms with van der Waals surface area (Å²) in [5.74, 6) is -1.50. The Morgan fingerprint density at radius 1 is 1.17 bits per heavy atom. The van der Waals surface area contributed by atoms with Gasteiger partial charge in [-0.15, -0.1) is 11.3 Å². The smallest absolute Gasteiger partial charge is 0.339 e. The van der Waals surface area contributed by atoms with Crippen molar-refractivity contribution in [3.8, 4) is 10.6 Å². The molecule has 0 saturated carbocycles. The second kappa shape index (κ2) is 10.5. The van der Waals surface area contributed by atoms with Gasteiger partial charge in [-0.2, -0.15) is 5.10 Å². The van der Waals surface area contributed by atoms with Crippen molar-refractivity contribution in [3.05, 3.63) is 65.2 Å². The first kappa shape index (κ1) is 24.1. The maximum Gasteiger partial charge on any atom is 0.339 e. The zero-order chi connectivity index (χ0) is 24.9. The Hall–Kier alpha value is -4.05. The lowest BCUT2D eigenvalue weighted by atomic mass is 10.1. The lowest BCUT2D eigenvalue weighted by Gasteiger charge is -2.17. The van der Waals surface area contributed by atoms with E-state index in [0.717, 1.165) is 10.4 Å². The first-order chi connectivity index (χ1) is 16.9. The van der Waals surface area contributed by atoms with Gasteiger partial charge in [0.15, 0.2) is 12.3 Å². The van der Waals surface area contributed by atoms with E-state index in [0.29, 0.717) is 29.0 Å². The van der Waals surface area contributed by atoms with E-state index in [-0.39, 0.29) is 18.0 Å². The molecule has 0 fully saturated rings. The molecule has 0 aliphatic carbocycles. The number of likely N-dealkylation sites (N-methyl/N-ethyl adjacent to an activating group) is 1. The number of carbonyl (C=O) groups excluding carboxylic acids is 3. The molecule has 0 bridgehead atoms. The summed E-state index contributed by atoms with van der Waals surface area (Å²) in [5.41, 5.74) is 3.20. The molecule has 0 aliphatic heterocycles. The van der Waals surface area contributed by atoms with Crippen LogP contribution in [0.5, 0.6) is 0 Å². The number of anilines is 1. The monoisotopic (exact) mass is 491 g/mol. The largest absolute Gasteiger partial charge is 0.452 e. The molecule has 0 aliphatic rings. The Bertz CT molecular complexity index is 1360. The third-order valence-corrected chi connectivity index (χ3v) is 6.26. The molecule has 0 atom stereocenters. The zero-order valence-corrected chi connectivity index (χ0v) is 20.5. The fraction of sp³-hybridized carbons (Fsp3) is 0.240. The third kappa shape index (κ3) is 5.55. The van der Waals surface area contributed by atoms with Crippen LogP contribution in [-0.2, 0) is 20.9 Å². The molecule has 9 nitrogen and oxygen atoms in total. The van der Waals surface area contributed by atoms with Gasteiger partial charge in [0.2, 0.25) is 5.91 Å². The van der Waals surface area contributed by atoms with Crippen LogP contribution in [0.4, 0.5) is 5.69 Å². The molecule has 0 radical (unpaired) electrons. The molecule has 1 N–H and O–H groups in total. The number of hydrogen-bond acceptors (Lipinski definition) is 7. The Kier molecular flexibility index (Phi) is 7.21. The van der Waals surface area contributed by atoms with Crippen LogP contribution in [-0.4, -0.2) is 57.6 Å². The second-order valence-corrected chi connectivity index (χ2v) is 8.92. The average molecular weight is 492 g/mol. The molecule has 0 saturated heterocycles. The summed E-state index contributed by atoms with van der Waals surface area (Å²) >= 11 is 1.51. The van der Waals surface area contributed by atoms with Gasteiger partial charge in [-0.05, 0) is 43.5 Å². The predicted molar refractivity (Wildman–Crippen MR) is 134 cm³/mol. The number of nitrogens with zero attached hydrogens (tertiary/aromatic N) is 4. The van der Waals surface area contributed by atoms with Gasteiger partial charge in [-0.1, -0.05) is 23.8 Å². The number of carbonyl (C=O) groups is 3. The van der Waals surface area contributed by atoms with Crippen LogP contribution < -0.4 is 5.32 Å². The Morgan fingerprint density at radius 3 is 2.63 bits per heavy atom. The maximum absolute atomic E-state index is 13.0. The number of fused-ring (bicyclic) bond motifs is 1. The molecule has 180 valence electrons. The molecule has 2 amide bonds. The number of aromatic nitrogens is 3. The van der Waals surface area contributed by atoms with Crippen LogP contribution in [0, 0.1) is 6.92 Å². The highest BCUT2D eigenvalue weighted by Crippen LogP contribution is 2.28. The highest BCUT2D eigenvalue weighted by molar-refractivity contribution is 7.13. The molecule has 4 aromatic rings. The minimum atomic E-state index is -0.656. The van der Waals surface area contributed by atoms with E-state index in [1.165, 1.54) is 23.3 Å². The standard InChI is InChI=1S/C25H25N5O4S/c1-4-30-24-19(13-26-30)18(12-20(28-24)21-6-5-11-35-21)25(33)34-15-23(32)29(3)14-22(31)27-17-9-7-16(2)8-10-17/h5-13H,4,14-15H2,1-3H3,(H,27,31). The van der Waals surface area contributed by atoms with Crippen LogP contribution in [0.25, 0.3) is 21.6 Å². The summed E-state index contributed by atoms with van der Waals surface area (Å²) in [6.45, 7) is 3.82. The maximum atomic E-state index is 13.0. The Morgan fingerprint density at radius 2 is 1.94 bits per heavy atom. The number of ether oxygens (including phenoxy) is 1. The fourth-order valence-corrected chi connectivity index (χ4v) is 4.14. The van der Waals surface area contributed by atoms with Crippen LogP contribution in [0.15, 0.2) is 54.0 Å². The number of rotatable bonds is 8. The zero-order valence-electron chi connectivity index (χ0n) is 19.6. The van der Waals surface area contributed by atoms with E-state index in [9.17, 15) is 14.4 Å². The van der Waals surface area contributed by atoms with E-state index >= 15 is 0 Å². The third-order valence-electron chi connectivity index (χ3n) is 5.37.